The van der Waals surface area contributed by atoms with Crippen molar-refractivity contribution in [1.82, 2.24) is 29.8 Å². The Balaban J connectivity index is 1.23. The number of tetrazole rings is 1. The van der Waals surface area contributed by atoms with Gasteiger partial charge in [-0.1, -0.05) is 153 Å². The lowest BCUT2D eigenvalue weighted by molar-refractivity contribution is 0.271. The molecule has 1 aliphatic rings. The minimum Gasteiger partial charge on any atom is -0.390 e. The van der Waals surface area contributed by atoms with Gasteiger partial charge in [-0.3, -0.25) is 0 Å². The number of halogens is 1. The molecule has 2 heterocycles. The number of benzene rings is 4. The predicted molar refractivity (Wildman–Crippen MR) is 194 cm³/mol. The SMILES string of the molecule is CCCCc1nc(Cl)c(CO)n1Cc1ccc([C@H]2CCCC[C@@H]2c2nnn(C(c3ccccc3)(c3ccccc3)c3ccccc3)n2)cc1. The van der Waals surface area contributed by atoms with Crippen LogP contribution in [-0.2, 0) is 25.1 Å². The summed E-state index contributed by atoms with van der Waals surface area (Å²) in [6.07, 6.45) is 7.35. The highest BCUT2D eigenvalue weighted by molar-refractivity contribution is 6.30. The smallest absolute Gasteiger partial charge is 0.178 e. The molecule has 0 unspecified atom stereocenters. The fourth-order valence-corrected chi connectivity index (χ4v) is 7.92. The van der Waals surface area contributed by atoms with Crippen LogP contribution in [0.2, 0.25) is 5.15 Å². The maximum atomic E-state index is 10.0. The summed E-state index contributed by atoms with van der Waals surface area (Å²) in [6.45, 7) is 2.66. The molecule has 250 valence electrons. The molecule has 7 rings (SSSR count). The molecule has 0 aliphatic heterocycles. The summed E-state index contributed by atoms with van der Waals surface area (Å²) < 4.78 is 2.08. The fraction of sp³-hybridized carbons (Fsp3) is 0.317. The monoisotopic (exact) mass is 670 g/mol. The van der Waals surface area contributed by atoms with E-state index >= 15 is 0 Å². The Hall–Kier alpha value is -4.59. The molecule has 49 heavy (non-hydrogen) atoms. The van der Waals surface area contributed by atoms with Gasteiger partial charge in [-0.2, -0.15) is 0 Å². The van der Waals surface area contributed by atoms with E-state index in [1.54, 1.807) is 0 Å². The van der Waals surface area contributed by atoms with E-state index in [4.69, 9.17) is 27.0 Å². The molecule has 1 N–H and O–H groups in total. The largest absolute Gasteiger partial charge is 0.390 e. The van der Waals surface area contributed by atoms with Gasteiger partial charge in [0.15, 0.2) is 16.5 Å². The molecule has 2 atom stereocenters. The second-order valence-corrected chi connectivity index (χ2v) is 13.5. The van der Waals surface area contributed by atoms with Gasteiger partial charge in [-0.15, -0.1) is 15.0 Å². The maximum absolute atomic E-state index is 10.0. The van der Waals surface area contributed by atoms with Crippen LogP contribution in [-0.4, -0.2) is 34.9 Å². The Morgan fingerprint density at radius 2 is 1.35 bits per heavy atom. The first-order chi connectivity index (χ1) is 24.1. The second-order valence-electron chi connectivity index (χ2n) is 13.1. The molecule has 0 amide bonds. The van der Waals surface area contributed by atoms with Crippen LogP contribution in [0.5, 0.6) is 0 Å². The molecule has 4 aromatic carbocycles. The van der Waals surface area contributed by atoms with E-state index < -0.39 is 5.54 Å². The van der Waals surface area contributed by atoms with Crippen LogP contribution >= 0.6 is 11.6 Å². The van der Waals surface area contributed by atoms with E-state index in [2.05, 4.69) is 114 Å². The van der Waals surface area contributed by atoms with Gasteiger partial charge >= 0.3 is 0 Å². The van der Waals surface area contributed by atoms with E-state index in [0.717, 1.165) is 72.4 Å². The van der Waals surface area contributed by atoms with Crippen LogP contribution in [0.15, 0.2) is 115 Å². The van der Waals surface area contributed by atoms with Crippen molar-refractivity contribution in [3.05, 3.63) is 166 Å². The van der Waals surface area contributed by atoms with Crippen molar-refractivity contribution >= 4 is 11.6 Å². The van der Waals surface area contributed by atoms with Gasteiger partial charge in [0.25, 0.3) is 0 Å². The van der Waals surface area contributed by atoms with Crippen LogP contribution < -0.4 is 0 Å². The Bertz CT molecular complexity index is 1840. The minimum absolute atomic E-state index is 0.131. The molecule has 0 radical (unpaired) electrons. The topological polar surface area (TPSA) is 81.7 Å². The normalized spacial score (nSPS) is 16.6. The highest BCUT2D eigenvalue weighted by Gasteiger charge is 2.42. The third-order valence-electron chi connectivity index (χ3n) is 10.2. The number of imidazole rings is 1. The Labute approximate surface area is 293 Å². The average Bonchev–Trinajstić information content (AvgIpc) is 3.77. The van der Waals surface area contributed by atoms with Crippen LogP contribution in [0.3, 0.4) is 0 Å². The molecule has 0 saturated heterocycles. The third kappa shape index (κ3) is 6.45. The Morgan fingerprint density at radius 3 is 1.90 bits per heavy atom. The van der Waals surface area contributed by atoms with Crippen molar-refractivity contribution in [3.63, 3.8) is 0 Å². The molecule has 0 spiro atoms. The summed E-state index contributed by atoms with van der Waals surface area (Å²) in [5.74, 6) is 2.17. The highest BCUT2D eigenvalue weighted by atomic mass is 35.5. The Kier molecular flexibility index (Phi) is 10.0. The number of aromatic nitrogens is 6. The van der Waals surface area contributed by atoms with Crippen LogP contribution in [0.4, 0.5) is 0 Å². The number of nitrogens with zero attached hydrogens (tertiary/aromatic N) is 6. The summed E-state index contributed by atoms with van der Waals surface area (Å²) in [6, 6.07) is 40.4. The standard InChI is InChI=1S/C41H43ClN6O/c1-2-3-23-38-43-39(42)37(29-49)47(38)28-30-24-26-31(27-25-30)35-21-13-14-22-36(35)40-44-46-48(45-40)41(32-15-7-4-8-16-32,33-17-9-5-10-18-33)34-19-11-6-12-20-34/h4-12,15-20,24-27,35-36,49H,2-3,13-14,21-23,28-29H2,1H3/t35-,36+/m1/s1. The van der Waals surface area contributed by atoms with E-state index in [1.807, 2.05) is 23.0 Å². The molecular formula is C41H43ClN6O. The molecule has 8 heteroatoms. The summed E-state index contributed by atoms with van der Waals surface area (Å²) in [7, 11) is 0. The number of aliphatic hydroxyl groups is 1. The molecule has 1 aliphatic carbocycles. The number of rotatable bonds is 12. The van der Waals surface area contributed by atoms with Crippen molar-refractivity contribution in [2.75, 3.05) is 0 Å². The van der Waals surface area contributed by atoms with Gasteiger partial charge in [0.2, 0.25) is 0 Å². The summed E-state index contributed by atoms with van der Waals surface area (Å²) in [4.78, 5) is 6.42. The summed E-state index contributed by atoms with van der Waals surface area (Å²) in [5, 5.41) is 25.4. The van der Waals surface area contributed by atoms with E-state index in [1.165, 1.54) is 12.0 Å². The van der Waals surface area contributed by atoms with Crippen molar-refractivity contribution < 1.29 is 5.11 Å². The third-order valence-corrected chi connectivity index (χ3v) is 10.5. The van der Waals surface area contributed by atoms with Gasteiger partial charge in [-0.05, 0) is 58.2 Å². The summed E-state index contributed by atoms with van der Waals surface area (Å²) in [5.41, 5.74) is 5.56. The van der Waals surface area contributed by atoms with E-state index in [-0.39, 0.29) is 18.4 Å². The van der Waals surface area contributed by atoms with E-state index in [0.29, 0.717) is 17.4 Å². The number of unbranched alkanes of at least 4 members (excludes halogenated alkanes) is 1. The van der Waals surface area contributed by atoms with Crippen LogP contribution in [0, 0.1) is 0 Å². The minimum atomic E-state index is -0.791. The molecule has 1 fully saturated rings. The molecule has 0 bridgehead atoms. The number of aryl methyl sites for hydroxylation is 1. The lowest BCUT2D eigenvalue weighted by atomic mass is 9.75. The van der Waals surface area contributed by atoms with Gasteiger partial charge in [0.1, 0.15) is 5.82 Å². The van der Waals surface area contributed by atoms with Gasteiger partial charge in [0, 0.05) is 18.9 Å². The van der Waals surface area contributed by atoms with Gasteiger partial charge in [0.05, 0.1) is 12.3 Å². The van der Waals surface area contributed by atoms with Gasteiger partial charge in [-0.25, -0.2) is 4.98 Å². The van der Waals surface area contributed by atoms with Gasteiger partial charge < -0.3 is 9.67 Å². The van der Waals surface area contributed by atoms with E-state index in [9.17, 15) is 5.11 Å². The maximum Gasteiger partial charge on any atom is 0.178 e. The molecular weight excluding hydrogens is 628 g/mol. The second kappa shape index (κ2) is 14.9. The molecule has 2 aromatic heterocycles. The number of hydrogen-bond donors (Lipinski definition) is 1. The zero-order chi connectivity index (χ0) is 33.6. The van der Waals surface area contributed by atoms with Crippen LogP contribution in [0.25, 0.3) is 0 Å². The zero-order valence-corrected chi connectivity index (χ0v) is 28.8. The lowest BCUT2D eigenvalue weighted by Crippen LogP contribution is -2.39. The lowest BCUT2D eigenvalue weighted by Gasteiger charge is -2.34. The van der Waals surface area contributed by atoms with Crippen molar-refractivity contribution in [2.24, 2.45) is 0 Å². The van der Waals surface area contributed by atoms with Crippen molar-refractivity contribution in [1.29, 1.82) is 0 Å². The first-order valence-electron chi connectivity index (χ1n) is 17.5. The fourth-order valence-electron chi connectivity index (χ4n) is 7.66. The predicted octanol–water partition coefficient (Wildman–Crippen LogP) is 8.69. The zero-order valence-electron chi connectivity index (χ0n) is 28.0. The Morgan fingerprint density at radius 1 is 0.776 bits per heavy atom. The van der Waals surface area contributed by atoms with Crippen LogP contribution in [0.1, 0.15) is 102 Å². The molecule has 1 saturated carbocycles. The quantitative estimate of drug-likeness (QED) is 0.132. The number of hydrogen-bond acceptors (Lipinski definition) is 5. The molecule has 6 aromatic rings. The summed E-state index contributed by atoms with van der Waals surface area (Å²) >= 11 is 6.42. The molecule has 7 nitrogen and oxygen atoms in total. The first-order valence-corrected chi connectivity index (χ1v) is 17.9. The average molecular weight is 671 g/mol. The van der Waals surface area contributed by atoms with Crippen molar-refractivity contribution in [3.8, 4) is 0 Å². The van der Waals surface area contributed by atoms with Crippen molar-refractivity contribution in [2.45, 2.75) is 82.4 Å². The highest BCUT2D eigenvalue weighted by Crippen LogP contribution is 2.44. The first kappa shape index (κ1) is 32.9. The number of aliphatic hydroxyl groups excluding tert-OH is 1.